The summed E-state index contributed by atoms with van der Waals surface area (Å²) in [5.41, 5.74) is 0.663. The van der Waals surface area contributed by atoms with Crippen molar-refractivity contribution in [3.63, 3.8) is 0 Å². The topological polar surface area (TPSA) is 96.8 Å². The average Bonchev–Trinajstić information content (AvgIpc) is 3.40. The van der Waals surface area contributed by atoms with Crippen molar-refractivity contribution >= 4 is 46.1 Å². The normalized spacial score (nSPS) is 17.5. The van der Waals surface area contributed by atoms with E-state index in [1.54, 1.807) is 50.1 Å². The summed E-state index contributed by atoms with van der Waals surface area (Å²) in [7, 11) is 0. The van der Waals surface area contributed by atoms with Crippen LogP contribution in [0.4, 0.5) is 10.5 Å². The molecule has 1 aromatic heterocycles. The number of benzene rings is 2. The lowest BCUT2D eigenvalue weighted by molar-refractivity contribution is -0.124. The van der Waals surface area contributed by atoms with Gasteiger partial charge in [0.1, 0.15) is 11.1 Å². The van der Waals surface area contributed by atoms with Gasteiger partial charge >= 0.3 is 6.09 Å². The van der Waals surface area contributed by atoms with Gasteiger partial charge in [-0.05, 0) is 76.1 Å². The van der Waals surface area contributed by atoms with Crippen LogP contribution in [0.1, 0.15) is 44.0 Å². The summed E-state index contributed by atoms with van der Waals surface area (Å²) < 4.78 is 6.61. The quantitative estimate of drug-likeness (QED) is 0.560. The summed E-state index contributed by atoms with van der Waals surface area (Å²) in [5.74, 6) is -0.131. The molecule has 2 aliphatic heterocycles. The van der Waals surface area contributed by atoms with Crippen molar-refractivity contribution in [2.24, 2.45) is 0 Å². The van der Waals surface area contributed by atoms with Crippen LogP contribution in [0.15, 0.2) is 48.7 Å². The summed E-state index contributed by atoms with van der Waals surface area (Å²) in [6.45, 7) is 6.70. The van der Waals surface area contributed by atoms with E-state index in [-0.39, 0.29) is 11.8 Å². The highest BCUT2D eigenvalue weighted by Crippen LogP contribution is 2.37. The van der Waals surface area contributed by atoms with E-state index < -0.39 is 17.2 Å². The highest BCUT2D eigenvalue weighted by Gasteiger charge is 2.50. The summed E-state index contributed by atoms with van der Waals surface area (Å²) in [6.07, 6.45) is 2.02. The minimum Gasteiger partial charge on any atom is -0.442 e. The van der Waals surface area contributed by atoms with Gasteiger partial charge in [-0.1, -0.05) is 11.6 Å². The molecule has 10 heteroatoms. The van der Waals surface area contributed by atoms with E-state index in [2.05, 4.69) is 15.3 Å². The van der Waals surface area contributed by atoms with E-state index in [1.807, 2.05) is 24.3 Å². The molecule has 0 atom stereocenters. The molecule has 0 unspecified atom stereocenters. The second-order valence-corrected chi connectivity index (χ2v) is 10.6. The van der Waals surface area contributed by atoms with E-state index >= 15 is 0 Å². The third kappa shape index (κ3) is 4.28. The first-order chi connectivity index (χ1) is 17.1. The van der Waals surface area contributed by atoms with E-state index in [1.165, 1.54) is 4.68 Å². The van der Waals surface area contributed by atoms with Crippen LogP contribution in [0.25, 0.3) is 10.9 Å². The number of ether oxygens (including phenoxy) is 1. The van der Waals surface area contributed by atoms with Crippen molar-refractivity contribution in [1.29, 1.82) is 0 Å². The molecule has 36 heavy (non-hydrogen) atoms. The summed E-state index contributed by atoms with van der Waals surface area (Å²) >= 11 is 6.04. The van der Waals surface area contributed by atoms with Gasteiger partial charge < -0.3 is 19.9 Å². The number of hydrogen-bond donors (Lipinski definition) is 1. The number of carbonyl (C=O) groups is 3. The lowest BCUT2D eigenvalue weighted by atomic mass is 9.85. The fourth-order valence-corrected chi connectivity index (χ4v) is 5.05. The molecule has 0 bridgehead atoms. The maximum absolute atomic E-state index is 13.3. The van der Waals surface area contributed by atoms with Gasteiger partial charge in [-0.15, -0.1) is 0 Å². The monoisotopic (exact) mass is 509 g/mol. The number of aromatic nitrogens is 2. The van der Waals surface area contributed by atoms with Gasteiger partial charge in [-0.3, -0.25) is 9.59 Å². The van der Waals surface area contributed by atoms with Crippen LogP contribution in [-0.2, 0) is 9.53 Å². The maximum atomic E-state index is 13.3. The largest absolute Gasteiger partial charge is 0.442 e. The van der Waals surface area contributed by atoms with E-state index in [4.69, 9.17) is 16.3 Å². The fraction of sp³-hybridized carbons (Fsp3) is 0.385. The summed E-state index contributed by atoms with van der Waals surface area (Å²) in [4.78, 5) is 42.5. The van der Waals surface area contributed by atoms with Crippen LogP contribution in [0, 0.1) is 0 Å². The number of nitrogens with one attached hydrogen (secondary N) is 1. The molecule has 1 N–H and O–H groups in total. The van der Waals surface area contributed by atoms with Gasteiger partial charge in [-0.25, -0.2) is 4.79 Å². The third-order valence-corrected chi connectivity index (χ3v) is 6.99. The van der Waals surface area contributed by atoms with Crippen LogP contribution in [0.5, 0.6) is 0 Å². The lowest BCUT2D eigenvalue weighted by Crippen LogP contribution is -2.57. The van der Waals surface area contributed by atoms with E-state index in [0.717, 1.165) is 5.69 Å². The Hall–Kier alpha value is -3.59. The van der Waals surface area contributed by atoms with E-state index in [9.17, 15) is 14.4 Å². The predicted molar refractivity (Wildman–Crippen MR) is 136 cm³/mol. The zero-order chi connectivity index (χ0) is 25.7. The molecule has 2 amide bonds. The zero-order valence-corrected chi connectivity index (χ0v) is 21.2. The maximum Gasteiger partial charge on any atom is 0.435 e. The van der Waals surface area contributed by atoms with Crippen LogP contribution in [-0.4, -0.2) is 63.5 Å². The number of rotatable bonds is 2. The number of halogens is 1. The Morgan fingerprint density at radius 3 is 2.44 bits per heavy atom. The van der Waals surface area contributed by atoms with Gasteiger partial charge in [0, 0.05) is 34.7 Å². The third-order valence-electron chi connectivity index (χ3n) is 6.73. The van der Waals surface area contributed by atoms with Gasteiger partial charge in [0.15, 0.2) is 0 Å². The van der Waals surface area contributed by atoms with Crippen molar-refractivity contribution in [2.45, 2.75) is 44.8 Å². The zero-order valence-electron chi connectivity index (χ0n) is 20.5. The van der Waals surface area contributed by atoms with Crippen molar-refractivity contribution in [3.8, 4) is 0 Å². The molecule has 9 nitrogen and oxygen atoms in total. The first kappa shape index (κ1) is 24.1. The van der Waals surface area contributed by atoms with Gasteiger partial charge in [0.05, 0.1) is 18.4 Å². The second-order valence-electron chi connectivity index (χ2n) is 10.2. The Balaban J connectivity index is 1.31. The first-order valence-corrected chi connectivity index (χ1v) is 12.3. The Bertz CT molecular complexity index is 1340. The number of hydrogen-bond acceptors (Lipinski definition) is 6. The minimum absolute atomic E-state index is 0.0134. The molecule has 1 spiro atoms. The van der Waals surface area contributed by atoms with Crippen molar-refractivity contribution in [2.75, 3.05) is 24.7 Å². The Morgan fingerprint density at radius 2 is 1.78 bits per heavy atom. The number of piperidine rings is 1. The first-order valence-electron chi connectivity index (χ1n) is 11.9. The lowest BCUT2D eigenvalue weighted by Gasteiger charge is -2.43. The van der Waals surface area contributed by atoms with Crippen LogP contribution in [0.2, 0.25) is 5.02 Å². The predicted octanol–water partition coefficient (Wildman–Crippen LogP) is 4.04. The van der Waals surface area contributed by atoms with Gasteiger partial charge in [-0.2, -0.15) is 9.78 Å². The standard InChI is InChI=1S/C26H28ClN5O4/c1-25(2,3)36-24(35)32-21-9-4-17(14-18(21)15-29-32)22(33)30-12-10-26(11-13-30)23(34)28-16-31(26)20-7-5-19(27)6-8-20/h4-9,14-15H,10-13,16H2,1-3H3,(H,28,34). The van der Waals surface area contributed by atoms with Gasteiger partial charge in [0.25, 0.3) is 5.91 Å². The highest BCUT2D eigenvalue weighted by molar-refractivity contribution is 6.30. The molecule has 2 saturated heterocycles. The van der Waals surface area contributed by atoms with Crippen molar-refractivity contribution in [3.05, 3.63) is 59.2 Å². The molecule has 0 radical (unpaired) electrons. The van der Waals surface area contributed by atoms with Crippen molar-refractivity contribution < 1.29 is 19.1 Å². The molecular formula is C26H28ClN5O4. The Labute approximate surface area is 213 Å². The summed E-state index contributed by atoms with van der Waals surface area (Å²) in [6, 6.07) is 12.6. The van der Waals surface area contributed by atoms with Crippen LogP contribution in [0.3, 0.4) is 0 Å². The molecule has 2 aromatic carbocycles. The Morgan fingerprint density at radius 1 is 1.08 bits per heavy atom. The molecule has 0 saturated carbocycles. The molecule has 3 heterocycles. The SMILES string of the molecule is CC(C)(C)OC(=O)n1ncc2cc(C(=O)N3CCC4(CC3)C(=O)NCN4c3ccc(Cl)cc3)ccc21. The molecule has 0 aliphatic carbocycles. The molecule has 2 aliphatic rings. The van der Waals surface area contributed by atoms with E-state index in [0.29, 0.717) is 54.1 Å². The molecule has 188 valence electrons. The number of fused-ring (bicyclic) bond motifs is 1. The number of anilines is 1. The number of amides is 2. The molecule has 2 fully saturated rings. The van der Waals surface area contributed by atoms with Crippen LogP contribution >= 0.6 is 11.6 Å². The molecular weight excluding hydrogens is 482 g/mol. The second kappa shape index (κ2) is 8.81. The Kier molecular flexibility index (Phi) is 5.90. The number of carbonyl (C=O) groups excluding carboxylic acids is 3. The highest BCUT2D eigenvalue weighted by atomic mass is 35.5. The van der Waals surface area contributed by atoms with Crippen LogP contribution < -0.4 is 10.2 Å². The van der Waals surface area contributed by atoms with Crippen molar-refractivity contribution in [1.82, 2.24) is 20.0 Å². The smallest absolute Gasteiger partial charge is 0.435 e. The molecule has 5 rings (SSSR count). The fourth-order valence-electron chi connectivity index (χ4n) is 4.92. The number of nitrogens with zero attached hydrogens (tertiary/aromatic N) is 4. The minimum atomic E-state index is -0.691. The molecule has 3 aromatic rings. The number of likely N-dealkylation sites (tertiary alicyclic amines) is 1. The average molecular weight is 510 g/mol. The van der Waals surface area contributed by atoms with Gasteiger partial charge in [0.2, 0.25) is 5.91 Å². The summed E-state index contributed by atoms with van der Waals surface area (Å²) in [5, 5.41) is 8.43.